The van der Waals surface area contributed by atoms with Crippen LogP contribution in [0.5, 0.6) is 0 Å². The minimum absolute atomic E-state index is 0.438. The number of aromatic nitrogens is 2. The smallest absolute Gasteiger partial charge is 0.162 e. The Bertz CT molecular complexity index is 571. The van der Waals surface area contributed by atoms with Gasteiger partial charge in [0.2, 0.25) is 0 Å². The van der Waals surface area contributed by atoms with Gasteiger partial charge in [-0.25, -0.2) is 9.97 Å². The Hall–Kier alpha value is -1.12. The Morgan fingerprint density at radius 3 is 2.22 bits per heavy atom. The molecule has 1 heterocycles. The van der Waals surface area contributed by atoms with Crippen LogP contribution in [0.3, 0.4) is 0 Å². The highest BCUT2D eigenvalue weighted by molar-refractivity contribution is 6.34. The van der Waals surface area contributed by atoms with Crippen molar-refractivity contribution in [3.05, 3.63) is 45.2 Å². The SMILES string of the molecule is CCc1c(Cl)nc(-c2cc(C)ccc2C)nc1Cl. The Balaban J connectivity index is 2.61. The average molecular weight is 281 g/mol. The van der Waals surface area contributed by atoms with Crippen LogP contribution in [0.1, 0.15) is 23.6 Å². The maximum Gasteiger partial charge on any atom is 0.162 e. The third-order valence-corrected chi connectivity index (χ3v) is 3.52. The first-order valence-electron chi connectivity index (χ1n) is 5.82. The zero-order chi connectivity index (χ0) is 13.3. The lowest BCUT2D eigenvalue weighted by atomic mass is 10.1. The number of hydrogen-bond acceptors (Lipinski definition) is 2. The molecule has 0 aliphatic heterocycles. The van der Waals surface area contributed by atoms with Crippen LogP contribution in [-0.4, -0.2) is 9.97 Å². The van der Waals surface area contributed by atoms with Gasteiger partial charge in [-0.1, -0.05) is 47.8 Å². The second-order valence-electron chi connectivity index (χ2n) is 4.28. The van der Waals surface area contributed by atoms with Crippen molar-refractivity contribution in [3.63, 3.8) is 0 Å². The van der Waals surface area contributed by atoms with E-state index in [9.17, 15) is 0 Å². The van der Waals surface area contributed by atoms with Gasteiger partial charge in [0.1, 0.15) is 10.3 Å². The molecule has 1 aromatic heterocycles. The van der Waals surface area contributed by atoms with Crippen LogP contribution in [0.15, 0.2) is 18.2 Å². The fraction of sp³-hybridized carbons (Fsp3) is 0.286. The predicted octanol–water partition coefficient (Wildman–Crippen LogP) is 4.63. The molecule has 0 atom stereocenters. The minimum Gasteiger partial charge on any atom is -0.216 e. The van der Waals surface area contributed by atoms with Crippen LogP contribution in [-0.2, 0) is 6.42 Å². The van der Waals surface area contributed by atoms with Gasteiger partial charge in [-0.2, -0.15) is 0 Å². The van der Waals surface area contributed by atoms with E-state index in [-0.39, 0.29) is 0 Å². The van der Waals surface area contributed by atoms with Gasteiger partial charge in [0.25, 0.3) is 0 Å². The highest BCUT2D eigenvalue weighted by Gasteiger charge is 2.12. The molecule has 2 aromatic rings. The second-order valence-corrected chi connectivity index (χ2v) is 5.00. The van der Waals surface area contributed by atoms with Crippen molar-refractivity contribution in [1.82, 2.24) is 9.97 Å². The van der Waals surface area contributed by atoms with Crippen molar-refractivity contribution in [2.45, 2.75) is 27.2 Å². The van der Waals surface area contributed by atoms with Crippen molar-refractivity contribution in [1.29, 1.82) is 0 Å². The fourth-order valence-electron chi connectivity index (χ4n) is 1.82. The first-order chi connectivity index (χ1) is 8.52. The van der Waals surface area contributed by atoms with E-state index in [4.69, 9.17) is 23.2 Å². The quantitative estimate of drug-likeness (QED) is 0.750. The van der Waals surface area contributed by atoms with E-state index in [1.165, 1.54) is 0 Å². The summed E-state index contributed by atoms with van der Waals surface area (Å²) in [5.74, 6) is 0.586. The molecule has 0 radical (unpaired) electrons. The number of nitrogens with zero attached hydrogens (tertiary/aromatic N) is 2. The molecule has 18 heavy (non-hydrogen) atoms. The van der Waals surface area contributed by atoms with E-state index in [1.807, 2.05) is 32.9 Å². The van der Waals surface area contributed by atoms with Gasteiger partial charge in [-0.15, -0.1) is 0 Å². The van der Waals surface area contributed by atoms with Crippen molar-refractivity contribution in [3.8, 4) is 11.4 Å². The number of aryl methyl sites for hydroxylation is 2. The molecule has 2 nitrogen and oxygen atoms in total. The van der Waals surface area contributed by atoms with Crippen molar-refractivity contribution < 1.29 is 0 Å². The molecule has 0 bridgehead atoms. The molecule has 1 aromatic carbocycles. The molecule has 4 heteroatoms. The van der Waals surface area contributed by atoms with E-state index in [1.54, 1.807) is 0 Å². The molecule has 94 valence electrons. The van der Waals surface area contributed by atoms with Crippen LogP contribution < -0.4 is 0 Å². The van der Waals surface area contributed by atoms with Gasteiger partial charge < -0.3 is 0 Å². The molecule has 0 N–H and O–H groups in total. The Morgan fingerprint density at radius 2 is 1.67 bits per heavy atom. The molecule has 0 unspecified atom stereocenters. The Morgan fingerprint density at radius 1 is 1.06 bits per heavy atom. The number of rotatable bonds is 2. The fourth-order valence-corrected chi connectivity index (χ4v) is 2.47. The largest absolute Gasteiger partial charge is 0.216 e. The maximum absolute atomic E-state index is 6.14. The number of benzene rings is 1. The standard InChI is InChI=1S/C14H14Cl2N2/c1-4-10-12(15)17-14(18-13(10)16)11-7-8(2)5-6-9(11)3/h5-7H,4H2,1-3H3. The van der Waals surface area contributed by atoms with E-state index in [0.29, 0.717) is 16.1 Å². The summed E-state index contributed by atoms with van der Waals surface area (Å²) in [6, 6.07) is 6.15. The van der Waals surface area contributed by atoms with Crippen molar-refractivity contribution in [2.75, 3.05) is 0 Å². The topological polar surface area (TPSA) is 25.8 Å². The summed E-state index contributed by atoms with van der Waals surface area (Å²) in [6.45, 7) is 6.04. The van der Waals surface area contributed by atoms with Gasteiger partial charge in [0.15, 0.2) is 5.82 Å². The molecular formula is C14H14Cl2N2. The minimum atomic E-state index is 0.438. The molecule has 2 rings (SSSR count). The highest BCUT2D eigenvalue weighted by atomic mass is 35.5. The van der Waals surface area contributed by atoms with E-state index in [0.717, 1.165) is 28.7 Å². The monoisotopic (exact) mass is 280 g/mol. The third-order valence-electron chi connectivity index (χ3n) is 2.89. The van der Waals surface area contributed by atoms with Crippen LogP contribution in [0.4, 0.5) is 0 Å². The van der Waals surface area contributed by atoms with Crippen LogP contribution in [0, 0.1) is 13.8 Å². The summed E-state index contributed by atoms with van der Waals surface area (Å²) in [4.78, 5) is 8.69. The predicted molar refractivity (Wildman–Crippen MR) is 76.3 cm³/mol. The first kappa shape index (κ1) is 13.3. The molecule has 0 aliphatic carbocycles. The average Bonchev–Trinajstić information content (AvgIpc) is 2.32. The van der Waals surface area contributed by atoms with E-state index >= 15 is 0 Å². The van der Waals surface area contributed by atoms with Crippen molar-refractivity contribution in [2.24, 2.45) is 0 Å². The van der Waals surface area contributed by atoms with E-state index in [2.05, 4.69) is 16.0 Å². The Labute approximate surface area is 117 Å². The van der Waals surface area contributed by atoms with Crippen LogP contribution in [0.25, 0.3) is 11.4 Å². The van der Waals surface area contributed by atoms with Crippen molar-refractivity contribution >= 4 is 23.2 Å². The number of halogens is 2. The third kappa shape index (κ3) is 2.50. The highest BCUT2D eigenvalue weighted by Crippen LogP contribution is 2.28. The molecule has 0 saturated heterocycles. The summed E-state index contributed by atoms with van der Waals surface area (Å²) in [7, 11) is 0. The van der Waals surface area contributed by atoms with Gasteiger partial charge in [-0.3, -0.25) is 0 Å². The van der Waals surface area contributed by atoms with Crippen LogP contribution >= 0.6 is 23.2 Å². The maximum atomic E-state index is 6.14. The summed E-state index contributed by atoms with van der Waals surface area (Å²) in [6.07, 6.45) is 0.727. The van der Waals surface area contributed by atoms with Gasteiger partial charge in [0.05, 0.1) is 0 Å². The van der Waals surface area contributed by atoms with E-state index < -0.39 is 0 Å². The summed E-state index contributed by atoms with van der Waals surface area (Å²) >= 11 is 12.3. The lowest BCUT2D eigenvalue weighted by Crippen LogP contribution is -1.98. The summed E-state index contributed by atoms with van der Waals surface area (Å²) < 4.78 is 0. The first-order valence-corrected chi connectivity index (χ1v) is 6.58. The molecule has 0 saturated carbocycles. The Kier molecular flexibility index (Phi) is 3.88. The van der Waals surface area contributed by atoms with Crippen LogP contribution in [0.2, 0.25) is 10.3 Å². The number of hydrogen-bond donors (Lipinski definition) is 0. The normalized spacial score (nSPS) is 10.7. The molecule has 0 fully saturated rings. The zero-order valence-corrected chi connectivity index (χ0v) is 12.1. The molecule has 0 amide bonds. The van der Waals surface area contributed by atoms with Gasteiger partial charge in [0, 0.05) is 11.1 Å². The lowest BCUT2D eigenvalue weighted by molar-refractivity contribution is 1.05. The van der Waals surface area contributed by atoms with Gasteiger partial charge >= 0.3 is 0 Å². The zero-order valence-electron chi connectivity index (χ0n) is 10.6. The molecule has 0 spiro atoms. The van der Waals surface area contributed by atoms with Gasteiger partial charge in [-0.05, 0) is 31.9 Å². The summed E-state index contributed by atoms with van der Waals surface area (Å²) in [5, 5.41) is 0.877. The summed E-state index contributed by atoms with van der Waals surface area (Å²) in [5.41, 5.74) is 4.04. The lowest BCUT2D eigenvalue weighted by Gasteiger charge is -2.09. The molecule has 0 aliphatic rings. The molecular weight excluding hydrogens is 267 g/mol. The second kappa shape index (κ2) is 5.25.